The Bertz CT molecular complexity index is 886. The summed E-state index contributed by atoms with van der Waals surface area (Å²) in [7, 11) is -3.65. The van der Waals surface area contributed by atoms with Crippen LogP contribution in [-0.4, -0.2) is 30.0 Å². The number of hydrogen-bond donors (Lipinski definition) is 1. The van der Waals surface area contributed by atoms with Gasteiger partial charge >= 0.3 is 0 Å². The topological polar surface area (TPSA) is 89.0 Å². The lowest BCUT2D eigenvalue weighted by Gasteiger charge is -2.09. The predicted octanol–water partition coefficient (Wildman–Crippen LogP) is 3.53. The maximum absolute atomic E-state index is 12.3. The third-order valence-corrected chi connectivity index (χ3v) is 5.50. The van der Waals surface area contributed by atoms with Crippen LogP contribution in [0.1, 0.15) is 29.4 Å². The van der Waals surface area contributed by atoms with Crippen LogP contribution < -0.4 is 5.32 Å². The maximum Gasteiger partial charge on any atom is 0.275 e. The molecule has 1 heterocycles. The molecule has 0 aliphatic heterocycles. The van der Waals surface area contributed by atoms with Crippen LogP contribution in [0.3, 0.4) is 0 Å². The number of aryl methyl sites for hydroxylation is 1. The number of rotatable bonds is 5. The van der Waals surface area contributed by atoms with Crippen LogP contribution in [0.2, 0.25) is 10.0 Å². The normalized spacial score (nSPS) is 11.3. The van der Waals surface area contributed by atoms with Gasteiger partial charge in [-0.25, -0.2) is 18.4 Å². The van der Waals surface area contributed by atoms with E-state index in [4.69, 9.17) is 23.2 Å². The van der Waals surface area contributed by atoms with Gasteiger partial charge in [0.05, 0.1) is 17.0 Å². The quantitative estimate of drug-likeness (QED) is 0.792. The van der Waals surface area contributed by atoms with Gasteiger partial charge in [-0.2, -0.15) is 0 Å². The molecule has 0 saturated carbocycles. The highest BCUT2D eigenvalue weighted by atomic mass is 35.5. The van der Waals surface area contributed by atoms with Crippen LogP contribution in [-0.2, 0) is 9.84 Å². The monoisotopic (exact) mass is 387 g/mol. The van der Waals surface area contributed by atoms with Crippen molar-refractivity contribution in [3.63, 3.8) is 0 Å². The molecule has 0 fully saturated rings. The highest BCUT2D eigenvalue weighted by Crippen LogP contribution is 2.22. The van der Waals surface area contributed by atoms with Crippen molar-refractivity contribution in [3.8, 4) is 0 Å². The molecule has 0 aliphatic rings. The SMILES string of the molecule is CCCS(=O)(=O)c1ncc(Cl)c(C(=O)Nc2ccc(C)c(Cl)c2)n1. The zero-order valence-corrected chi connectivity index (χ0v) is 15.3. The van der Waals surface area contributed by atoms with E-state index in [1.54, 1.807) is 25.1 Å². The number of amides is 1. The third kappa shape index (κ3) is 4.23. The van der Waals surface area contributed by atoms with E-state index in [1.165, 1.54) is 0 Å². The molecule has 0 aliphatic carbocycles. The molecule has 9 heteroatoms. The number of benzene rings is 1. The molecule has 0 spiro atoms. The number of halogens is 2. The Balaban J connectivity index is 2.33. The molecule has 1 aromatic carbocycles. The standard InChI is InChI=1S/C15H15Cl2N3O3S/c1-3-6-24(22,23)15-18-8-12(17)13(20-15)14(21)19-10-5-4-9(2)11(16)7-10/h4-5,7-8H,3,6H2,1-2H3,(H,19,21). The van der Waals surface area contributed by atoms with Crippen molar-refractivity contribution in [2.45, 2.75) is 25.4 Å². The van der Waals surface area contributed by atoms with Gasteiger partial charge in [0, 0.05) is 10.7 Å². The first kappa shape index (κ1) is 18.6. The van der Waals surface area contributed by atoms with Gasteiger partial charge in [-0.05, 0) is 31.0 Å². The van der Waals surface area contributed by atoms with Crippen molar-refractivity contribution in [1.82, 2.24) is 9.97 Å². The molecule has 0 bridgehead atoms. The third-order valence-electron chi connectivity index (χ3n) is 3.12. The molecule has 2 rings (SSSR count). The lowest BCUT2D eigenvalue weighted by Crippen LogP contribution is -2.18. The van der Waals surface area contributed by atoms with Gasteiger partial charge in [0.15, 0.2) is 5.69 Å². The molecule has 0 saturated heterocycles. The molecule has 1 aromatic heterocycles. The molecule has 128 valence electrons. The van der Waals surface area contributed by atoms with E-state index in [-0.39, 0.29) is 16.5 Å². The second-order valence-electron chi connectivity index (χ2n) is 5.09. The summed E-state index contributed by atoms with van der Waals surface area (Å²) >= 11 is 11.9. The Kier molecular flexibility index (Phi) is 5.79. The van der Waals surface area contributed by atoms with Gasteiger partial charge in [0.2, 0.25) is 15.0 Å². The summed E-state index contributed by atoms with van der Waals surface area (Å²) in [4.78, 5) is 19.9. The van der Waals surface area contributed by atoms with Gasteiger partial charge in [0.1, 0.15) is 0 Å². The van der Waals surface area contributed by atoms with Crippen LogP contribution in [0.5, 0.6) is 0 Å². The van der Waals surface area contributed by atoms with Crippen molar-refractivity contribution in [1.29, 1.82) is 0 Å². The molecular formula is C15H15Cl2N3O3S. The average Bonchev–Trinajstić information content (AvgIpc) is 2.51. The lowest BCUT2D eigenvalue weighted by molar-refractivity contribution is 0.102. The number of carbonyl (C=O) groups is 1. The first-order valence-corrected chi connectivity index (χ1v) is 9.48. The fourth-order valence-electron chi connectivity index (χ4n) is 1.88. The van der Waals surface area contributed by atoms with E-state index in [1.807, 2.05) is 6.92 Å². The van der Waals surface area contributed by atoms with Gasteiger partial charge in [-0.1, -0.05) is 36.2 Å². The first-order chi connectivity index (χ1) is 11.2. The van der Waals surface area contributed by atoms with Gasteiger partial charge in [0.25, 0.3) is 5.91 Å². The Hall–Kier alpha value is -1.70. The number of carbonyl (C=O) groups excluding carboxylic acids is 1. The van der Waals surface area contributed by atoms with E-state index >= 15 is 0 Å². The number of hydrogen-bond acceptors (Lipinski definition) is 5. The Morgan fingerprint density at radius 2 is 1.96 bits per heavy atom. The van der Waals surface area contributed by atoms with Crippen LogP contribution in [0.15, 0.2) is 29.6 Å². The summed E-state index contributed by atoms with van der Waals surface area (Å²) in [5.41, 5.74) is 1.10. The number of sulfone groups is 1. The van der Waals surface area contributed by atoms with E-state index in [0.717, 1.165) is 11.8 Å². The molecule has 1 N–H and O–H groups in total. The van der Waals surface area contributed by atoms with Crippen LogP contribution >= 0.6 is 23.2 Å². The molecule has 0 radical (unpaired) electrons. The predicted molar refractivity (Wildman–Crippen MR) is 93.5 cm³/mol. The molecule has 6 nitrogen and oxygen atoms in total. The fourth-order valence-corrected chi connectivity index (χ4v) is 3.40. The molecule has 2 aromatic rings. The summed E-state index contributed by atoms with van der Waals surface area (Å²) in [6, 6.07) is 5.00. The summed E-state index contributed by atoms with van der Waals surface area (Å²) in [5, 5.41) is 2.62. The minimum Gasteiger partial charge on any atom is -0.321 e. The number of aromatic nitrogens is 2. The van der Waals surface area contributed by atoms with E-state index < -0.39 is 20.9 Å². The smallest absolute Gasteiger partial charge is 0.275 e. The lowest BCUT2D eigenvalue weighted by atomic mass is 10.2. The number of anilines is 1. The van der Waals surface area contributed by atoms with E-state index in [2.05, 4.69) is 15.3 Å². The van der Waals surface area contributed by atoms with Crippen molar-refractivity contribution >= 4 is 44.6 Å². The first-order valence-electron chi connectivity index (χ1n) is 7.07. The average molecular weight is 388 g/mol. The molecule has 24 heavy (non-hydrogen) atoms. The Morgan fingerprint density at radius 1 is 1.25 bits per heavy atom. The zero-order chi connectivity index (χ0) is 17.9. The van der Waals surface area contributed by atoms with Gasteiger partial charge in [-0.15, -0.1) is 0 Å². The highest BCUT2D eigenvalue weighted by molar-refractivity contribution is 7.91. The molecule has 0 unspecified atom stereocenters. The summed E-state index contributed by atoms with van der Waals surface area (Å²) < 4.78 is 24.1. The van der Waals surface area contributed by atoms with Gasteiger partial charge in [-0.3, -0.25) is 4.79 Å². The van der Waals surface area contributed by atoms with Crippen molar-refractivity contribution in [2.75, 3.05) is 11.1 Å². The molecular weight excluding hydrogens is 373 g/mol. The summed E-state index contributed by atoms with van der Waals surface area (Å²) in [5.74, 6) is -0.751. The minimum absolute atomic E-state index is 0.0406. The number of nitrogens with one attached hydrogen (secondary N) is 1. The molecule has 0 atom stereocenters. The van der Waals surface area contributed by atoms with Crippen LogP contribution in [0.25, 0.3) is 0 Å². The highest BCUT2D eigenvalue weighted by Gasteiger charge is 2.21. The number of nitrogens with zero attached hydrogens (tertiary/aromatic N) is 2. The second-order valence-corrected chi connectivity index (χ2v) is 7.90. The fraction of sp³-hybridized carbons (Fsp3) is 0.267. The second kappa shape index (κ2) is 7.46. The Morgan fingerprint density at radius 3 is 2.58 bits per heavy atom. The summed E-state index contributed by atoms with van der Waals surface area (Å²) in [6.07, 6.45) is 1.52. The molecule has 1 amide bonds. The van der Waals surface area contributed by atoms with Crippen molar-refractivity contribution in [2.24, 2.45) is 0 Å². The van der Waals surface area contributed by atoms with E-state index in [9.17, 15) is 13.2 Å². The largest absolute Gasteiger partial charge is 0.321 e. The zero-order valence-electron chi connectivity index (χ0n) is 13.0. The Labute approximate surface area is 150 Å². The van der Waals surface area contributed by atoms with Crippen LogP contribution in [0.4, 0.5) is 5.69 Å². The summed E-state index contributed by atoms with van der Waals surface area (Å²) in [6.45, 7) is 3.56. The van der Waals surface area contributed by atoms with Gasteiger partial charge < -0.3 is 5.32 Å². The maximum atomic E-state index is 12.3. The van der Waals surface area contributed by atoms with Crippen LogP contribution in [0, 0.1) is 6.92 Å². The minimum atomic E-state index is -3.65. The van der Waals surface area contributed by atoms with E-state index in [0.29, 0.717) is 17.1 Å². The van der Waals surface area contributed by atoms with Crippen molar-refractivity contribution < 1.29 is 13.2 Å². The van der Waals surface area contributed by atoms with Crippen molar-refractivity contribution in [3.05, 3.63) is 45.7 Å².